The van der Waals surface area contributed by atoms with E-state index in [1.807, 2.05) is 55.6 Å². The van der Waals surface area contributed by atoms with Crippen molar-refractivity contribution in [2.75, 3.05) is 7.05 Å². The first-order chi connectivity index (χ1) is 17.0. The average molecular weight is 549 g/mol. The maximum Gasteiger partial charge on any atom is 0.162 e. The van der Waals surface area contributed by atoms with Gasteiger partial charge in [0.25, 0.3) is 0 Å². The second kappa shape index (κ2) is 9.02. The van der Waals surface area contributed by atoms with Gasteiger partial charge in [0.1, 0.15) is 12.4 Å². The van der Waals surface area contributed by atoms with E-state index >= 15 is 0 Å². The smallest absolute Gasteiger partial charge is 0.162 e. The Hall–Kier alpha value is -2.66. The van der Waals surface area contributed by atoms with Crippen LogP contribution in [-0.2, 0) is 16.2 Å². The molecule has 1 heterocycles. The van der Waals surface area contributed by atoms with Gasteiger partial charge in [-0.2, -0.15) is 0 Å². The van der Waals surface area contributed by atoms with Gasteiger partial charge in [0, 0.05) is 58.4 Å². The van der Waals surface area contributed by atoms with E-state index in [0.717, 1.165) is 56.7 Å². The predicted octanol–water partition coefficient (Wildman–Crippen LogP) is 7.34. The highest BCUT2D eigenvalue weighted by Gasteiger charge is 2.48. The number of hydrogen-bond donors (Lipinski definition) is 0. The van der Waals surface area contributed by atoms with Crippen molar-refractivity contribution in [1.82, 2.24) is 4.90 Å². The van der Waals surface area contributed by atoms with Crippen molar-refractivity contribution < 1.29 is 14.3 Å². The van der Waals surface area contributed by atoms with Gasteiger partial charge in [-0.1, -0.05) is 74.0 Å². The van der Waals surface area contributed by atoms with Crippen LogP contribution in [0.4, 0.5) is 0 Å². The zero-order valence-corrected chi connectivity index (χ0v) is 23.4. The van der Waals surface area contributed by atoms with Crippen LogP contribution in [0.25, 0.3) is 0 Å². The minimum Gasteiger partial charge on any atom is -0.489 e. The fourth-order valence-corrected chi connectivity index (χ4v) is 6.33. The van der Waals surface area contributed by atoms with Crippen LogP contribution in [0.5, 0.6) is 5.75 Å². The summed E-state index contributed by atoms with van der Waals surface area (Å²) in [6.45, 7) is 9.05. The van der Waals surface area contributed by atoms with Crippen LogP contribution in [0, 0.1) is 10.8 Å². The van der Waals surface area contributed by atoms with E-state index < -0.39 is 0 Å². The summed E-state index contributed by atoms with van der Waals surface area (Å²) in [6, 6.07) is 16.0. The number of carbonyl (C=O) groups is 2. The van der Waals surface area contributed by atoms with Crippen LogP contribution in [0.1, 0.15) is 70.4 Å². The number of nitrogens with zero attached hydrogens (tertiary/aromatic N) is 1. The molecule has 2 aromatic carbocycles. The van der Waals surface area contributed by atoms with Crippen molar-refractivity contribution in [3.05, 3.63) is 86.7 Å². The Morgan fingerprint density at radius 3 is 1.92 bits per heavy atom. The van der Waals surface area contributed by atoms with E-state index in [2.05, 4.69) is 48.5 Å². The third-order valence-corrected chi connectivity index (χ3v) is 8.25. The number of Topliss-reactive ketones (excluding diaryl/α,β-unsaturated/α-hetero) is 2. The monoisotopic (exact) mass is 547 g/mol. The number of carbonyl (C=O) groups excluding carboxylic acids is 2. The fraction of sp³-hybridized carbons (Fsp3) is 0.419. The van der Waals surface area contributed by atoms with Crippen LogP contribution < -0.4 is 4.74 Å². The van der Waals surface area contributed by atoms with Gasteiger partial charge in [0.15, 0.2) is 11.6 Å². The molecule has 188 valence electrons. The van der Waals surface area contributed by atoms with E-state index in [1.165, 1.54) is 0 Å². The summed E-state index contributed by atoms with van der Waals surface area (Å²) in [5, 5.41) is 0. The molecule has 5 rings (SSSR count). The summed E-state index contributed by atoms with van der Waals surface area (Å²) < 4.78 is 7.38. The lowest BCUT2D eigenvalue weighted by Crippen LogP contribution is -2.43. The summed E-state index contributed by atoms with van der Waals surface area (Å²) in [4.78, 5) is 29.7. The van der Waals surface area contributed by atoms with Crippen molar-refractivity contribution in [1.29, 1.82) is 0 Å². The van der Waals surface area contributed by atoms with Crippen LogP contribution in [0.15, 0.2) is 75.5 Å². The highest BCUT2D eigenvalue weighted by molar-refractivity contribution is 9.10. The Morgan fingerprint density at radius 2 is 1.36 bits per heavy atom. The molecule has 0 radical (unpaired) electrons. The number of ketones is 2. The topological polar surface area (TPSA) is 46.6 Å². The van der Waals surface area contributed by atoms with Crippen molar-refractivity contribution in [2.45, 2.75) is 65.9 Å². The van der Waals surface area contributed by atoms with Gasteiger partial charge in [-0.05, 0) is 47.4 Å². The first-order valence-electron chi connectivity index (χ1n) is 12.7. The second-order valence-corrected chi connectivity index (χ2v) is 13.0. The molecule has 4 nitrogen and oxygen atoms in total. The van der Waals surface area contributed by atoms with Gasteiger partial charge in [-0.15, -0.1) is 0 Å². The maximum atomic E-state index is 13.7. The molecule has 36 heavy (non-hydrogen) atoms. The summed E-state index contributed by atoms with van der Waals surface area (Å²) in [7, 11) is 2.04. The van der Waals surface area contributed by atoms with E-state index in [4.69, 9.17) is 4.74 Å². The Kier molecular flexibility index (Phi) is 6.27. The van der Waals surface area contributed by atoms with Gasteiger partial charge in [0.05, 0.1) is 0 Å². The second-order valence-electron chi connectivity index (χ2n) is 12.0. The number of para-hydroxylation sites is 1. The standard InChI is InChI=1S/C31H34BrNO3/c1-30(2)14-22-28(24(34)16-30)27(29-23(33(22)5)15-31(3,4)17-25(29)35)21-8-6-7-9-26(21)36-18-19-10-12-20(32)13-11-19/h6-13,27H,14-18H2,1-5H3. The quantitative estimate of drug-likeness (QED) is 0.401. The molecule has 0 saturated heterocycles. The van der Waals surface area contributed by atoms with E-state index in [9.17, 15) is 9.59 Å². The molecular weight excluding hydrogens is 514 g/mol. The summed E-state index contributed by atoms with van der Waals surface area (Å²) in [5.41, 5.74) is 5.43. The number of benzene rings is 2. The minimum atomic E-state index is -0.389. The Balaban J connectivity index is 1.64. The SMILES string of the molecule is CN1C2=C(C(=O)CC(C)(C)C2)C(c2ccccc2OCc2ccc(Br)cc2)C2=C1CC(C)(C)CC2=O. The number of rotatable bonds is 4. The maximum absolute atomic E-state index is 13.7. The molecule has 0 N–H and O–H groups in total. The highest BCUT2D eigenvalue weighted by atomic mass is 79.9. The molecule has 0 atom stereocenters. The molecule has 0 spiro atoms. The first kappa shape index (κ1) is 25.0. The van der Waals surface area contributed by atoms with Gasteiger partial charge in [-0.25, -0.2) is 0 Å². The van der Waals surface area contributed by atoms with Crippen molar-refractivity contribution in [3.8, 4) is 5.75 Å². The molecular formula is C31H34BrNO3. The van der Waals surface area contributed by atoms with Crippen molar-refractivity contribution >= 4 is 27.5 Å². The van der Waals surface area contributed by atoms with Gasteiger partial charge in [0.2, 0.25) is 0 Å². The predicted molar refractivity (Wildman–Crippen MR) is 146 cm³/mol. The van der Waals surface area contributed by atoms with E-state index in [0.29, 0.717) is 19.4 Å². The lowest BCUT2D eigenvalue weighted by molar-refractivity contribution is -0.119. The Labute approximate surface area is 222 Å². The molecule has 0 saturated carbocycles. The molecule has 0 fully saturated rings. The van der Waals surface area contributed by atoms with E-state index in [1.54, 1.807) is 0 Å². The zero-order valence-electron chi connectivity index (χ0n) is 21.8. The zero-order chi connectivity index (χ0) is 25.8. The average Bonchev–Trinajstić information content (AvgIpc) is 2.79. The largest absolute Gasteiger partial charge is 0.489 e. The normalized spacial score (nSPS) is 21.4. The van der Waals surface area contributed by atoms with Crippen LogP contribution in [0.2, 0.25) is 0 Å². The van der Waals surface area contributed by atoms with Gasteiger partial charge < -0.3 is 9.64 Å². The molecule has 5 heteroatoms. The third-order valence-electron chi connectivity index (χ3n) is 7.72. The molecule has 0 amide bonds. The Morgan fingerprint density at radius 1 is 0.833 bits per heavy atom. The molecule has 1 aliphatic heterocycles. The third kappa shape index (κ3) is 4.58. The first-order valence-corrected chi connectivity index (χ1v) is 13.5. The lowest BCUT2D eigenvalue weighted by Gasteiger charge is -2.48. The number of hydrogen-bond acceptors (Lipinski definition) is 4. The summed E-state index contributed by atoms with van der Waals surface area (Å²) in [6.07, 6.45) is 2.60. The molecule has 0 unspecified atom stereocenters. The molecule has 0 aromatic heterocycles. The number of ether oxygens (including phenoxy) is 1. The lowest BCUT2D eigenvalue weighted by atomic mass is 9.63. The van der Waals surface area contributed by atoms with Crippen LogP contribution >= 0.6 is 15.9 Å². The number of allylic oxidation sites excluding steroid dienone is 4. The molecule has 2 aromatic rings. The molecule has 0 bridgehead atoms. The molecule has 2 aliphatic carbocycles. The summed E-state index contributed by atoms with van der Waals surface area (Å²) in [5.74, 6) is 0.624. The summed E-state index contributed by atoms with van der Waals surface area (Å²) >= 11 is 3.48. The Bertz CT molecular complexity index is 1250. The van der Waals surface area contributed by atoms with Crippen LogP contribution in [0.3, 0.4) is 0 Å². The minimum absolute atomic E-state index is 0.113. The highest BCUT2D eigenvalue weighted by Crippen LogP contribution is 2.55. The van der Waals surface area contributed by atoms with Crippen LogP contribution in [-0.4, -0.2) is 23.5 Å². The van der Waals surface area contributed by atoms with Gasteiger partial charge in [-0.3, -0.25) is 9.59 Å². The van der Waals surface area contributed by atoms with E-state index in [-0.39, 0.29) is 28.3 Å². The molecule has 3 aliphatic rings. The van der Waals surface area contributed by atoms with Crippen molar-refractivity contribution in [2.24, 2.45) is 10.8 Å². The number of halogens is 1. The van der Waals surface area contributed by atoms with Crippen molar-refractivity contribution in [3.63, 3.8) is 0 Å². The fourth-order valence-electron chi connectivity index (χ4n) is 6.07. The van der Waals surface area contributed by atoms with Gasteiger partial charge >= 0.3 is 0 Å².